The number of thioether (sulfide) groups is 1. The molecule has 1 heterocycles. The second-order valence-corrected chi connectivity index (χ2v) is 9.48. The zero-order valence-corrected chi connectivity index (χ0v) is 20.5. The Balaban J connectivity index is 1.54. The number of amides is 1. The first-order valence-electron chi connectivity index (χ1n) is 9.61. The maximum absolute atomic E-state index is 12.5. The second-order valence-electron chi connectivity index (χ2n) is 6.84. The third-order valence-corrected chi connectivity index (χ3v) is 6.94. The van der Waals surface area contributed by atoms with Gasteiger partial charge >= 0.3 is 0 Å². The second kappa shape index (κ2) is 10.5. The predicted octanol–water partition coefficient (Wildman–Crippen LogP) is 6.66. The molecule has 0 saturated carbocycles. The Bertz CT molecular complexity index is 1230. The Morgan fingerprint density at radius 3 is 2.47 bits per heavy atom. The molecule has 3 aromatic carbocycles. The molecule has 9 heteroatoms. The van der Waals surface area contributed by atoms with Gasteiger partial charge in [-0.15, -0.1) is 10.2 Å². The van der Waals surface area contributed by atoms with Crippen LogP contribution in [0.5, 0.6) is 0 Å². The van der Waals surface area contributed by atoms with Crippen molar-refractivity contribution in [1.82, 2.24) is 14.8 Å². The van der Waals surface area contributed by atoms with Gasteiger partial charge in [-0.3, -0.25) is 9.36 Å². The summed E-state index contributed by atoms with van der Waals surface area (Å²) >= 11 is 16.8. The highest BCUT2D eigenvalue weighted by atomic mass is 79.9. The maximum atomic E-state index is 12.5. The molecule has 1 N–H and O–H groups in total. The normalized spacial score (nSPS) is 10.8. The van der Waals surface area contributed by atoms with E-state index in [2.05, 4.69) is 31.4 Å². The van der Waals surface area contributed by atoms with E-state index in [1.807, 2.05) is 59.2 Å². The minimum Gasteiger partial charge on any atom is -0.325 e. The molecule has 5 nitrogen and oxygen atoms in total. The van der Waals surface area contributed by atoms with Crippen molar-refractivity contribution < 1.29 is 4.79 Å². The number of carbonyl (C=O) groups excluding carboxylic acids is 1. The molecule has 32 heavy (non-hydrogen) atoms. The molecule has 0 saturated heterocycles. The summed E-state index contributed by atoms with van der Waals surface area (Å²) in [5, 5.41) is 13.4. The highest BCUT2D eigenvalue weighted by Gasteiger charge is 2.16. The lowest BCUT2D eigenvalue weighted by Crippen LogP contribution is -2.14. The molecule has 162 valence electrons. The van der Waals surface area contributed by atoms with Gasteiger partial charge in [-0.2, -0.15) is 0 Å². The molecule has 0 aliphatic rings. The van der Waals surface area contributed by atoms with Crippen molar-refractivity contribution in [3.63, 3.8) is 0 Å². The summed E-state index contributed by atoms with van der Waals surface area (Å²) < 4.78 is 2.73. The fourth-order valence-electron chi connectivity index (χ4n) is 3.04. The first-order chi connectivity index (χ1) is 15.5. The number of hydrogen-bond acceptors (Lipinski definition) is 4. The minimum atomic E-state index is -0.163. The van der Waals surface area contributed by atoms with E-state index in [4.69, 9.17) is 23.2 Å². The lowest BCUT2D eigenvalue weighted by molar-refractivity contribution is -0.113. The zero-order valence-electron chi connectivity index (χ0n) is 16.6. The molecule has 0 spiro atoms. The Labute approximate surface area is 208 Å². The average Bonchev–Trinajstić information content (AvgIpc) is 3.18. The van der Waals surface area contributed by atoms with E-state index in [1.54, 1.807) is 18.2 Å². The zero-order chi connectivity index (χ0) is 22.5. The first-order valence-corrected chi connectivity index (χ1v) is 12.1. The van der Waals surface area contributed by atoms with E-state index in [0.29, 0.717) is 27.3 Å². The van der Waals surface area contributed by atoms with Crippen molar-refractivity contribution in [3.05, 3.63) is 98.7 Å². The molecule has 0 bridgehead atoms. The maximum Gasteiger partial charge on any atom is 0.234 e. The van der Waals surface area contributed by atoms with Gasteiger partial charge in [-0.05, 0) is 64.0 Å². The minimum absolute atomic E-state index is 0.163. The van der Waals surface area contributed by atoms with Crippen molar-refractivity contribution in [2.24, 2.45) is 0 Å². The summed E-state index contributed by atoms with van der Waals surface area (Å²) in [5.74, 6) is 0.787. The molecule has 1 amide bonds. The van der Waals surface area contributed by atoms with Gasteiger partial charge in [-0.25, -0.2) is 0 Å². The van der Waals surface area contributed by atoms with Gasteiger partial charge in [0.2, 0.25) is 5.91 Å². The summed E-state index contributed by atoms with van der Waals surface area (Å²) in [6, 6.07) is 22.8. The summed E-state index contributed by atoms with van der Waals surface area (Å²) in [5.41, 5.74) is 2.64. The van der Waals surface area contributed by atoms with E-state index >= 15 is 0 Å². The van der Waals surface area contributed by atoms with Crippen molar-refractivity contribution in [2.45, 2.75) is 11.6 Å². The predicted molar refractivity (Wildman–Crippen MR) is 134 cm³/mol. The van der Waals surface area contributed by atoms with Gasteiger partial charge in [0.25, 0.3) is 0 Å². The Morgan fingerprint density at radius 2 is 1.75 bits per heavy atom. The summed E-state index contributed by atoms with van der Waals surface area (Å²) in [6.45, 7) is 0. The SMILES string of the molecule is O=C(CSc1nnc(Cc2ccccc2)n1-c1ccc(Cl)cc1)Nc1ccc(Br)c(Cl)c1. The van der Waals surface area contributed by atoms with Crippen LogP contribution in [0.2, 0.25) is 10.0 Å². The van der Waals surface area contributed by atoms with Gasteiger partial charge in [-0.1, -0.05) is 65.3 Å². The molecule has 0 aliphatic carbocycles. The van der Waals surface area contributed by atoms with Crippen LogP contribution in [0, 0.1) is 0 Å². The molecule has 4 aromatic rings. The first kappa shape index (κ1) is 22.9. The average molecular weight is 548 g/mol. The van der Waals surface area contributed by atoms with E-state index < -0.39 is 0 Å². The molecule has 0 atom stereocenters. The largest absolute Gasteiger partial charge is 0.325 e. The Kier molecular flexibility index (Phi) is 7.52. The quantitative estimate of drug-likeness (QED) is 0.263. The fraction of sp³-hybridized carbons (Fsp3) is 0.0870. The van der Waals surface area contributed by atoms with Crippen LogP contribution in [-0.2, 0) is 11.2 Å². The molecule has 0 aliphatic heterocycles. The highest BCUT2D eigenvalue weighted by molar-refractivity contribution is 9.10. The van der Waals surface area contributed by atoms with Gasteiger partial charge in [0, 0.05) is 27.3 Å². The lowest BCUT2D eigenvalue weighted by atomic mass is 10.1. The number of hydrogen-bond donors (Lipinski definition) is 1. The lowest BCUT2D eigenvalue weighted by Gasteiger charge is -2.11. The number of nitrogens with zero attached hydrogens (tertiary/aromatic N) is 3. The number of benzene rings is 3. The van der Waals surface area contributed by atoms with Crippen LogP contribution in [-0.4, -0.2) is 26.4 Å². The van der Waals surface area contributed by atoms with E-state index in [9.17, 15) is 4.79 Å². The number of halogens is 3. The monoisotopic (exact) mass is 546 g/mol. The Morgan fingerprint density at radius 1 is 1.00 bits per heavy atom. The van der Waals surface area contributed by atoms with Crippen molar-refractivity contribution >= 4 is 62.5 Å². The molecule has 1 aromatic heterocycles. The van der Waals surface area contributed by atoms with E-state index in [0.717, 1.165) is 21.5 Å². The van der Waals surface area contributed by atoms with Crippen LogP contribution >= 0.6 is 50.9 Å². The number of carbonyl (C=O) groups is 1. The van der Waals surface area contributed by atoms with Crippen LogP contribution in [0.3, 0.4) is 0 Å². The molecule has 0 fully saturated rings. The third kappa shape index (κ3) is 5.72. The Hall–Kier alpha value is -2.32. The van der Waals surface area contributed by atoms with E-state index in [-0.39, 0.29) is 11.7 Å². The van der Waals surface area contributed by atoms with E-state index in [1.165, 1.54) is 11.8 Å². The molecular formula is C23H17BrCl2N4OS. The molecule has 0 unspecified atom stereocenters. The number of rotatable bonds is 7. The number of aromatic nitrogens is 3. The van der Waals surface area contributed by atoms with Gasteiger partial charge in [0.15, 0.2) is 5.16 Å². The number of nitrogens with one attached hydrogen (secondary N) is 1. The van der Waals surface area contributed by atoms with Gasteiger partial charge < -0.3 is 5.32 Å². The van der Waals surface area contributed by atoms with Gasteiger partial charge in [0.1, 0.15) is 5.82 Å². The smallest absolute Gasteiger partial charge is 0.234 e. The van der Waals surface area contributed by atoms with Crippen molar-refractivity contribution in [2.75, 3.05) is 11.1 Å². The van der Waals surface area contributed by atoms with Crippen LogP contribution in [0.25, 0.3) is 5.69 Å². The van der Waals surface area contributed by atoms with Crippen LogP contribution in [0.4, 0.5) is 5.69 Å². The summed E-state index contributed by atoms with van der Waals surface area (Å²) in [7, 11) is 0. The van der Waals surface area contributed by atoms with Gasteiger partial charge in [0.05, 0.1) is 10.8 Å². The van der Waals surface area contributed by atoms with Crippen molar-refractivity contribution in [3.8, 4) is 5.69 Å². The molecular weight excluding hydrogens is 531 g/mol. The summed E-state index contributed by atoms with van der Waals surface area (Å²) in [4.78, 5) is 12.5. The fourth-order valence-corrected chi connectivity index (χ4v) is 4.36. The summed E-state index contributed by atoms with van der Waals surface area (Å²) in [6.07, 6.45) is 0.612. The standard InChI is InChI=1S/C23H17BrCl2N4OS/c24-19-11-8-17(13-20(19)26)27-22(31)14-32-23-29-28-21(12-15-4-2-1-3-5-15)30(23)18-9-6-16(25)7-10-18/h1-11,13H,12,14H2,(H,27,31). The van der Waals surface area contributed by atoms with Crippen LogP contribution in [0.15, 0.2) is 82.4 Å². The van der Waals surface area contributed by atoms with Crippen LogP contribution in [0.1, 0.15) is 11.4 Å². The highest BCUT2D eigenvalue weighted by Crippen LogP contribution is 2.27. The number of anilines is 1. The van der Waals surface area contributed by atoms with Crippen LogP contribution < -0.4 is 5.32 Å². The molecule has 0 radical (unpaired) electrons. The topological polar surface area (TPSA) is 59.8 Å². The van der Waals surface area contributed by atoms with Crippen molar-refractivity contribution in [1.29, 1.82) is 0 Å². The third-order valence-electron chi connectivity index (χ3n) is 4.53. The molecule has 4 rings (SSSR count).